The fourth-order valence-corrected chi connectivity index (χ4v) is 2.99. The summed E-state index contributed by atoms with van der Waals surface area (Å²) in [4.78, 5) is 0. The van der Waals surface area contributed by atoms with Crippen molar-refractivity contribution in [1.82, 2.24) is 0 Å². The summed E-state index contributed by atoms with van der Waals surface area (Å²) in [6, 6.07) is 0. The normalized spacial score (nSPS) is 45.8. The molecule has 4 nitrogen and oxygen atoms in total. The summed E-state index contributed by atoms with van der Waals surface area (Å²) in [5.74, 6) is -0.154. The molecule has 1 aliphatic heterocycles. The van der Waals surface area contributed by atoms with Crippen LogP contribution < -0.4 is 0 Å². The number of methoxy groups -OCH3 is 1. The first-order valence-corrected chi connectivity index (χ1v) is 5.48. The van der Waals surface area contributed by atoms with E-state index in [9.17, 15) is 10.2 Å². The molecule has 0 radical (unpaired) electrons. The number of hydrogen-bond donors (Lipinski definition) is 2. The Labute approximate surface area is 90.2 Å². The number of aliphatic hydroxyl groups excluding tert-OH is 1. The van der Waals surface area contributed by atoms with Gasteiger partial charge in [0.25, 0.3) is 0 Å². The summed E-state index contributed by atoms with van der Waals surface area (Å²) in [5, 5.41) is 20.0. The topological polar surface area (TPSA) is 62.2 Å². The van der Waals surface area contributed by atoms with E-state index < -0.39 is 11.7 Å². The molecule has 0 bridgehead atoms. The Morgan fingerprint density at radius 1 is 1.47 bits per heavy atom. The van der Waals surface area contributed by atoms with Gasteiger partial charge in [-0.3, -0.25) is 0 Å². The van der Waals surface area contributed by atoms with Gasteiger partial charge in [0.2, 0.25) is 0 Å². The van der Waals surface area contributed by atoms with Crippen LogP contribution in [0.1, 0.15) is 26.7 Å². The minimum absolute atomic E-state index is 0.154. The molecule has 1 aliphatic carbocycles. The van der Waals surface area contributed by atoms with Gasteiger partial charge in [-0.25, -0.2) is 0 Å². The van der Waals surface area contributed by atoms with Crippen LogP contribution in [0.2, 0.25) is 0 Å². The van der Waals surface area contributed by atoms with Gasteiger partial charge in [0, 0.05) is 13.0 Å². The molecule has 2 fully saturated rings. The van der Waals surface area contributed by atoms with Crippen molar-refractivity contribution in [3.8, 4) is 0 Å². The fraction of sp³-hybridized carbons (Fsp3) is 1.00. The summed E-state index contributed by atoms with van der Waals surface area (Å²) >= 11 is 0. The predicted octanol–water partition coefficient (Wildman–Crippen LogP) is 0.312. The first-order chi connectivity index (χ1) is 6.91. The molecular formula is C11H20O4. The average Bonchev–Trinajstić information content (AvgIpc) is 2.88. The second kappa shape index (κ2) is 3.42. The molecule has 0 aromatic carbocycles. The quantitative estimate of drug-likeness (QED) is 0.652. The van der Waals surface area contributed by atoms with Crippen LogP contribution in [0.15, 0.2) is 0 Å². The molecule has 88 valence electrons. The summed E-state index contributed by atoms with van der Waals surface area (Å²) in [6.07, 6.45) is 0.663. The Balaban J connectivity index is 2.26. The highest BCUT2D eigenvalue weighted by Gasteiger charge is 2.62. The monoisotopic (exact) mass is 216 g/mol. The Morgan fingerprint density at radius 2 is 2.07 bits per heavy atom. The van der Waals surface area contributed by atoms with Gasteiger partial charge in [-0.1, -0.05) is 0 Å². The van der Waals surface area contributed by atoms with Crippen LogP contribution in [0, 0.1) is 5.92 Å². The van der Waals surface area contributed by atoms with Gasteiger partial charge in [0.05, 0.1) is 30.0 Å². The van der Waals surface area contributed by atoms with Crippen molar-refractivity contribution in [1.29, 1.82) is 0 Å². The average molecular weight is 216 g/mol. The van der Waals surface area contributed by atoms with Crippen LogP contribution in [0.4, 0.5) is 0 Å². The second-order valence-corrected chi connectivity index (χ2v) is 5.29. The third-order valence-corrected chi connectivity index (χ3v) is 3.69. The van der Waals surface area contributed by atoms with Crippen molar-refractivity contribution in [2.45, 2.75) is 50.1 Å². The summed E-state index contributed by atoms with van der Waals surface area (Å²) in [6.45, 7) is 4.19. The third-order valence-electron chi connectivity index (χ3n) is 3.69. The van der Waals surface area contributed by atoms with Crippen LogP contribution in [0.3, 0.4) is 0 Å². The van der Waals surface area contributed by atoms with E-state index in [0.717, 1.165) is 6.42 Å². The zero-order chi connectivity index (χ0) is 11.3. The standard InChI is InChI=1S/C11H20O4/c1-10(2,13)9-8(14-3)7(12)4-5-11(9)6-15-11/h7-9,12-13H,4-6H2,1-3H3/t7-,8-,9-,11+/m1/s1. The van der Waals surface area contributed by atoms with E-state index in [0.29, 0.717) is 13.0 Å². The van der Waals surface area contributed by atoms with E-state index in [-0.39, 0.29) is 17.6 Å². The van der Waals surface area contributed by atoms with Crippen LogP contribution in [0.5, 0.6) is 0 Å². The first-order valence-electron chi connectivity index (χ1n) is 5.48. The van der Waals surface area contributed by atoms with E-state index in [1.807, 2.05) is 0 Å². The highest BCUT2D eigenvalue weighted by atomic mass is 16.6. The molecule has 0 unspecified atom stereocenters. The zero-order valence-electron chi connectivity index (χ0n) is 9.56. The van der Waals surface area contributed by atoms with Gasteiger partial charge in [-0.05, 0) is 26.7 Å². The van der Waals surface area contributed by atoms with Gasteiger partial charge in [0.15, 0.2) is 0 Å². The molecule has 0 aromatic heterocycles. The van der Waals surface area contributed by atoms with Crippen LogP contribution in [-0.2, 0) is 9.47 Å². The lowest BCUT2D eigenvalue weighted by Gasteiger charge is -2.44. The molecule has 4 heteroatoms. The maximum Gasteiger partial charge on any atom is 0.0998 e. The Kier molecular flexibility index (Phi) is 2.58. The van der Waals surface area contributed by atoms with Crippen molar-refractivity contribution in [2.24, 2.45) is 5.92 Å². The molecule has 1 saturated heterocycles. The molecule has 1 saturated carbocycles. The lowest BCUT2D eigenvalue weighted by molar-refractivity contribution is -0.156. The van der Waals surface area contributed by atoms with E-state index in [4.69, 9.17) is 9.47 Å². The van der Waals surface area contributed by atoms with E-state index in [1.165, 1.54) is 0 Å². The Hall–Kier alpha value is -0.160. The second-order valence-electron chi connectivity index (χ2n) is 5.29. The minimum atomic E-state index is -0.890. The Morgan fingerprint density at radius 3 is 2.47 bits per heavy atom. The lowest BCUT2D eigenvalue weighted by Crippen LogP contribution is -2.56. The SMILES string of the molecule is CO[C@@H]1[C@H](O)CC[C@]2(CO2)[C@H]1C(C)(C)O. The maximum absolute atomic E-state index is 10.2. The highest BCUT2D eigenvalue weighted by Crippen LogP contribution is 2.51. The number of hydrogen-bond acceptors (Lipinski definition) is 4. The zero-order valence-corrected chi connectivity index (χ0v) is 9.56. The molecule has 4 atom stereocenters. The van der Waals surface area contributed by atoms with Crippen molar-refractivity contribution in [2.75, 3.05) is 13.7 Å². The van der Waals surface area contributed by atoms with Crippen molar-refractivity contribution in [3.05, 3.63) is 0 Å². The molecule has 2 aliphatic rings. The summed E-state index contributed by atoms with van der Waals surface area (Å²) in [7, 11) is 1.58. The van der Waals surface area contributed by atoms with Crippen LogP contribution in [-0.4, -0.2) is 47.3 Å². The number of epoxide rings is 1. The van der Waals surface area contributed by atoms with E-state index in [2.05, 4.69) is 0 Å². The fourth-order valence-electron chi connectivity index (χ4n) is 2.99. The van der Waals surface area contributed by atoms with Gasteiger partial charge in [-0.2, -0.15) is 0 Å². The van der Waals surface area contributed by atoms with Crippen LogP contribution in [0.25, 0.3) is 0 Å². The van der Waals surface area contributed by atoms with Gasteiger partial charge in [-0.15, -0.1) is 0 Å². The molecule has 1 spiro atoms. The van der Waals surface area contributed by atoms with E-state index >= 15 is 0 Å². The summed E-state index contributed by atoms with van der Waals surface area (Å²) < 4.78 is 10.8. The number of aliphatic hydroxyl groups is 2. The first kappa shape index (κ1) is 11.3. The lowest BCUT2D eigenvalue weighted by atomic mass is 9.68. The molecule has 15 heavy (non-hydrogen) atoms. The Bertz CT molecular complexity index is 241. The summed E-state index contributed by atoms with van der Waals surface area (Å²) in [5.41, 5.74) is -1.14. The molecule has 0 amide bonds. The van der Waals surface area contributed by atoms with Gasteiger partial charge >= 0.3 is 0 Å². The van der Waals surface area contributed by atoms with Gasteiger partial charge < -0.3 is 19.7 Å². The molecule has 1 heterocycles. The largest absolute Gasteiger partial charge is 0.390 e. The smallest absolute Gasteiger partial charge is 0.0998 e. The van der Waals surface area contributed by atoms with Crippen molar-refractivity contribution in [3.63, 3.8) is 0 Å². The third kappa shape index (κ3) is 1.80. The predicted molar refractivity (Wildman–Crippen MR) is 54.5 cm³/mol. The number of rotatable bonds is 2. The minimum Gasteiger partial charge on any atom is -0.390 e. The van der Waals surface area contributed by atoms with Crippen molar-refractivity contribution < 1.29 is 19.7 Å². The molecular weight excluding hydrogens is 196 g/mol. The molecule has 0 aromatic rings. The molecule has 2 N–H and O–H groups in total. The van der Waals surface area contributed by atoms with Crippen LogP contribution >= 0.6 is 0 Å². The molecule has 2 rings (SSSR count). The maximum atomic E-state index is 10.2. The van der Waals surface area contributed by atoms with E-state index in [1.54, 1.807) is 21.0 Å². The van der Waals surface area contributed by atoms with Gasteiger partial charge in [0.1, 0.15) is 0 Å². The number of ether oxygens (including phenoxy) is 2. The highest BCUT2D eigenvalue weighted by molar-refractivity contribution is 5.11. The van der Waals surface area contributed by atoms with Crippen molar-refractivity contribution >= 4 is 0 Å².